The van der Waals surface area contributed by atoms with Crippen LogP contribution in [0.5, 0.6) is 11.5 Å². The maximum absolute atomic E-state index is 12.3. The number of ether oxygens (including phenoxy) is 2. The minimum atomic E-state index is -4.43. The summed E-state index contributed by atoms with van der Waals surface area (Å²) in [5, 5.41) is 3.11. The van der Waals surface area contributed by atoms with Crippen molar-refractivity contribution in [2.24, 2.45) is 5.92 Å². The highest BCUT2D eigenvalue weighted by Crippen LogP contribution is 2.28. The first-order valence-electron chi connectivity index (χ1n) is 8.23. The van der Waals surface area contributed by atoms with Crippen molar-refractivity contribution in [2.45, 2.75) is 19.0 Å². The summed E-state index contributed by atoms with van der Waals surface area (Å²) in [5.41, 5.74) is 0. The summed E-state index contributed by atoms with van der Waals surface area (Å²) in [6, 6.07) is 6.03. The number of nitrogens with one attached hydrogen (secondary N) is 1. The highest BCUT2D eigenvalue weighted by atomic mass is 19.4. The van der Waals surface area contributed by atoms with Gasteiger partial charge in [0.2, 0.25) is 0 Å². The summed E-state index contributed by atoms with van der Waals surface area (Å²) >= 11 is 0. The summed E-state index contributed by atoms with van der Waals surface area (Å²) in [6.45, 7) is 0.556. The SMILES string of the molecule is CNC[C@H]1CCCN(C(=O)COc2ccccc2OCC(F)(F)F)C1. The van der Waals surface area contributed by atoms with Crippen LogP contribution in [0.15, 0.2) is 24.3 Å². The number of halogens is 3. The summed E-state index contributed by atoms with van der Waals surface area (Å²) in [7, 11) is 1.88. The molecule has 0 aliphatic carbocycles. The Morgan fingerprint density at radius 2 is 1.96 bits per heavy atom. The van der Waals surface area contributed by atoms with Gasteiger partial charge >= 0.3 is 6.18 Å². The van der Waals surface area contributed by atoms with E-state index in [-0.39, 0.29) is 24.0 Å². The van der Waals surface area contributed by atoms with Gasteiger partial charge in [-0.3, -0.25) is 4.79 Å². The molecule has 25 heavy (non-hydrogen) atoms. The molecule has 0 radical (unpaired) electrons. The molecule has 0 unspecified atom stereocenters. The maximum atomic E-state index is 12.3. The van der Waals surface area contributed by atoms with Gasteiger partial charge in [-0.05, 0) is 44.5 Å². The fraction of sp³-hybridized carbons (Fsp3) is 0.588. The van der Waals surface area contributed by atoms with Crippen molar-refractivity contribution >= 4 is 5.91 Å². The van der Waals surface area contributed by atoms with E-state index in [0.717, 1.165) is 19.4 Å². The Bertz CT molecular complexity index is 564. The number of likely N-dealkylation sites (tertiary alicyclic amines) is 1. The standard InChI is InChI=1S/C17H23F3N2O3/c1-21-9-13-5-4-8-22(10-13)16(23)11-24-14-6-2-3-7-15(14)25-12-17(18,19)20/h2-3,6-7,13,21H,4-5,8-12H2,1H3/t13-/m1/s1. The summed E-state index contributed by atoms with van der Waals surface area (Å²) in [4.78, 5) is 14.1. The molecule has 1 aromatic rings. The molecule has 1 fully saturated rings. The second-order valence-corrected chi connectivity index (χ2v) is 6.04. The molecule has 8 heteroatoms. The zero-order valence-electron chi connectivity index (χ0n) is 14.1. The van der Waals surface area contributed by atoms with E-state index in [9.17, 15) is 18.0 Å². The summed E-state index contributed by atoms with van der Waals surface area (Å²) < 4.78 is 47.1. The van der Waals surface area contributed by atoms with E-state index in [0.29, 0.717) is 19.0 Å². The van der Waals surface area contributed by atoms with E-state index >= 15 is 0 Å². The number of alkyl halides is 3. The maximum Gasteiger partial charge on any atom is 0.422 e. The lowest BCUT2D eigenvalue weighted by atomic mass is 9.98. The number of carbonyl (C=O) groups excluding carboxylic acids is 1. The normalized spacial score (nSPS) is 18.1. The van der Waals surface area contributed by atoms with Gasteiger partial charge in [0, 0.05) is 13.1 Å². The molecule has 1 aliphatic heterocycles. The van der Waals surface area contributed by atoms with Gasteiger partial charge in [-0.25, -0.2) is 0 Å². The summed E-state index contributed by atoms with van der Waals surface area (Å²) in [6.07, 6.45) is -2.43. The van der Waals surface area contributed by atoms with Gasteiger partial charge in [-0.1, -0.05) is 12.1 Å². The number of benzene rings is 1. The smallest absolute Gasteiger partial charge is 0.422 e. The van der Waals surface area contributed by atoms with Gasteiger partial charge in [0.25, 0.3) is 5.91 Å². The minimum Gasteiger partial charge on any atom is -0.480 e. The van der Waals surface area contributed by atoms with Gasteiger partial charge in [0.1, 0.15) is 0 Å². The first-order valence-corrected chi connectivity index (χ1v) is 8.23. The molecular formula is C17H23F3N2O3. The van der Waals surface area contributed by atoms with E-state index in [1.54, 1.807) is 17.0 Å². The first kappa shape index (κ1) is 19.4. The van der Waals surface area contributed by atoms with E-state index in [4.69, 9.17) is 9.47 Å². The second-order valence-electron chi connectivity index (χ2n) is 6.04. The highest BCUT2D eigenvalue weighted by Gasteiger charge is 2.29. The second kappa shape index (κ2) is 8.94. The van der Waals surface area contributed by atoms with Gasteiger partial charge < -0.3 is 19.7 Å². The monoisotopic (exact) mass is 360 g/mol. The van der Waals surface area contributed by atoms with Crippen molar-refractivity contribution in [3.8, 4) is 11.5 Å². The molecule has 1 aromatic carbocycles. The molecule has 1 atom stereocenters. The largest absolute Gasteiger partial charge is 0.480 e. The number of nitrogens with zero attached hydrogens (tertiary/aromatic N) is 1. The van der Waals surface area contributed by atoms with Crippen LogP contribution in [0.2, 0.25) is 0 Å². The van der Waals surface area contributed by atoms with Gasteiger partial charge in [0.05, 0.1) is 0 Å². The van der Waals surface area contributed by atoms with Crippen LogP contribution in [0.1, 0.15) is 12.8 Å². The molecule has 0 spiro atoms. The number of hydrogen-bond acceptors (Lipinski definition) is 4. The molecule has 0 bridgehead atoms. The fourth-order valence-corrected chi connectivity index (χ4v) is 2.83. The number of piperidine rings is 1. The average Bonchev–Trinajstić information content (AvgIpc) is 2.58. The van der Waals surface area contributed by atoms with Crippen LogP contribution < -0.4 is 14.8 Å². The van der Waals surface area contributed by atoms with Crippen LogP contribution in [0.3, 0.4) is 0 Å². The first-order chi connectivity index (χ1) is 11.9. The van der Waals surface area contributed by atoms with E-state index in [1.807, 2.05) is 7.05 Å². The number of hydrogen-bond donors (Lipinski definition) is 1. The predicted molar refractivity (Wildman–Crippen MR) is 86.7 cm³/mol. The molecule has 5 nitrogen and oxygen atoms in total. The zero-order valence-corrected chi connectivity index (χ0v) is 14.1. The number of rotatable bonds is 7. The van der Waals surface area contributed by atoms with E-state index < -0.39 is 12.8 Å². The Morgan fingerprint density at radius 1 is 1.28 bits per heavy atom. The number of amides is 1. The Labute approximate surface area is 145 Å². The van der Waals surface area contributed by atoms with Crippen molar-refractivity contribution in [3.63, 3.8) is 0 Å². The molecular weight excluding hydrogens is 337 g/mol. The van der Waals surface area contributed by atoms with Crippen molar-refractivity contribution in [1.29, 1.82) is 0 Å². The topological polar surface area (TPSA) is 50.8 Å². The molecule has 1 heterocycles. The quantitative estimate of drug-likeness (QED) is 0.812. The average molecular weight is 360 g/mol. The van der Waals surface area contributed by atoms with E-state index in [1.165, 1.54) is 12.1 Å². The van der Waals surface area contributed by atoms with Crippen LogP contribution >= 0.6 is 0 Å². The van der Waals surface area contributed by atoms with Crippen LogP contribution in [-0.4, -0.2) is 56.9 Å². The van der Waals surface area contributed by atoms with Gasteiger partial charge in [-0.15, -0.1) is 0 Å². The van der Waals surface area contributed by atoms with Crippen LogP contribution in [-0.2, 0) is 4.79 Å². The number of carbonyl (C=O) groups is 1. The van der Waals surface area contributed by atoms with Gasteiger partial charge in [-0.2, -0.15) is 13.2 Å². The molecule has 2 rings (SSSR count). The lowest BCUT2D eigenvalue weighted by molar-refractivity contribution is -0.153. The van der Waals surface area contributed by atoms with Crippen LogP contribution in [0.25, 0.3) is 0 Å². The predicted octanol–water partition coefficient (Wildman–Crippen LogP) is 2.46. The third kappa shape index (κ3) is 6.45. The third-order valence-corrected chi connectivity index (χ3v) is 3.96. The highest BCUT2D eigenvalue weighted by molar-refractivity contribution is 5.78. The molecule has 1 saturated heterocycles. The molecule has 1 amide bonds. The Balaban J connectivity index is 1.89. The molecule has 1 N–H and O–H groups in total. The van der Waals surface area contributed by atoms with Crippen molar-refractivity contribution in [2.75, 3.05) is 39.9 Å². The van der Waals surface area contributed by atoms with Crippen LogP contribution in [0.4, 0.5) is 13.2 Å². The fourth-order valence-electron chi connectivity index (χ4n) is 2.83. The summed E-state index contributed by atoms with van der Waals surface area (Å²) in [5.74, 6) is 0.333. The molecule has 0 aromatic heterocycles. The molecule has 0 saturated carbocycles. The lowest BCUT2D eigenvalue weighted by Crippen LogP contribution is -2.44. The van der Waals surface area contributed by atoms with Crippen LogP contribution in [0, 0.1) is 5.92 Å². The third-order valence-electron chi connectivity index (χ3n) is 3.96. The van der Waals surface area contributed by atoms with E-state index in [2.05, 4.69) is 5.32 Å². The molecule has 140 valence electrons. The Morgan fingerprint density at radius 3 is 2.60 bits per heavy atom. The van der Waals surface area contributed by atoms with Crippen molar-refractivity contribution < 1.29 is 27.4 Å². The Kier molecular flexibility index (Phi) is 6.92. The number of para-hydroxylation sites is 2. The lowest BCUT2D eigenvalue weighted by Gasteiger charge is -2.32. The minimum absolute atomic E-state index is 0.0284. The zero-order chi connectivity index (χ0) is 18.3. The van der Waals surface area contributed by atoms with Crippen molar-refractivity contribution in [1.82, 2.24) is 10.2 Å². The molecule has 1 aliphatic rings. The van der Waals surface area contributed by atoms with Crippen molar-refractivity contribution in [3.05, 3.63) is 24.3 Å². The Hall–Kier alpha value is -1.96. The van der Waals surface area contributed by atoms with Gasteiger partial charge in [0.15, 0.2) is 24.7 Å².